The van der Waals surface area contributed by atoms with Crippen LogP contribution in [0.2, 0.25) is 0 Å². The second kappa shape index (κ2) is 7.77. The number of amides is 2. The van der Waals surface area contributed by atoms with Crippen LogP contribution in [0.25, 0.3) is 0 Å². The first-order valence-electron chi connectivity index (χ1n) is 8.95. The van der Waals surface area contributed by atoms with Gasteiger partial charge in [0.15, 0.2) is 0 Å². The Bertz CT molecular complexity index is 591. The van der Waals surface area contributed by atoms with Crippen molar-refractivity contribution in [1.82, 2.24) is 10.2 Å². The van der Waals surface area contributed by atoms with Crippen molar-refractivity contribution in [2.45, 2.75) is 51.0 Å². The predicted octanol–water partition coefficient (Wildman–Crippen LogP) is 2.67. The van der Waals surface area contributed by atoms with Gasteiger partial charge in [-0.2, -0.15) is 0 Å². The molecular weight excluding hydrogens is 307 g/mol. The smallest absolute Gasteiger partial charge is 0.227 e. The van der Waals surface area contributed by atoms with Crippen LogP contribution in [0.5, 0.6) is 0 Å². The average Bonchev–Trinajstić information content (AvgIpc) is 3.12. The Labute approximate surface area is 142 Å². The maximum Gasteiger partial charge on any atom is 0.227 e. The molecule has 1 aliphatic heterocycles. The van der Waals surface area contributed by atoms with Gasteiger partial charge in [0.25, 0.3) is 0 Å². The summed E-state index contributed by atoms with van der Waals surface area (Å²) in [6, 6.07) is 6.57. The van der Waals surface area contributed by atoms with E-state index in [2.05, 4.69) is 5.32 Å². The highest BCUT2D eigenvalue weighted by atomic mass is 19.1. The molecule has 2 fully saturated rings. The largest absolute Gasteiger partial charge is 0.353 e. The zero-order valence-corrected chi connectivity index (χ0v) is 14.0. The minimum absolute atomic E-state index is 0.0410. The van der Waals surface area contributed by atoms with E-state index in [1.165, 1.54) is 6.07 Å². The molecule has 1 saturated carbocycles. The third-order valence-corrected chi connectivity index (χ3v) is 5.22. The monoisotopic (exact) mass is 332 g/mol. The zero-order valence-electron chi connectivity index (χ0n) is 14.0. The molecule has 1 N–H and O–H groups in total. The number of benzene rings is 1. The highest BCUT2D eigenvalue weighted by Crippen LogP contribution is 2.25. The van der Waals surface area contributed by atoms with Crippen LogP contribution >= 0.6 is 0 Å². The van der Waals surface area contributed by atoms with E-state index in [0.29, 0.717) is 18.7 Å². The van der Waals surface area contributed by atoms with Crippen LogP contribution in [0.1, 0.15) is 44.1 Å². The molecule has 5 heteroatoms. The Balaban J connectivity index is 1.45. The number of rotatable bonds is 4. The number of carbonyl (C=O) groups is 2. The second-order valence-electron chi connectivity index (χ2n) is 6.91. The third kappa shape index (κ3) is 4.13. The Morgan fingerprint density at radius 2 is 1.75 bits per heavy atom. The van der Waals surface area contributed by atoms with Gasteiger partial charge in [-0.25, -0.2) is 4.39 Å². The van der Waals surface area contributed by atoms with Gasteiger partial charge in [0.1, 0.15) is 5.82 Å². The molecule has 0 unspecified atom stereocenters. The summed E-state index contributed by atoms with van der Waals surface area (Å²) in [6.45, 7) is 1.26. The van der Waals surface area contributed by atoms with Crippen LogP contribution in [0.3, 0.4) is 0 Å². The number of piperidine rings is 1. The lowest BCUT2D eigenvalue weighted by molar-refractivity contribution is -0.131. The minimum atomic E-state index is -0.329. The molecule has 1 saturated heterocycles. The predicted molar refractivity (Wildman–Crippen MR) is 89.8 cm³/mol. The lowest BCUT2D eigenvalue weighted by atomic mass is 10.0. The number of hydrogen-bond acceptors (Lipinski definition) is 2. The van der Waals surface area contributed by atoms with Crippen LogP contribution in [0, 0.1) is 11.7 Å². The standard InChI is InChI=1S/C19H25FN2O2/c20-17-8-4-3-7-15(17)13-18(23)22-11-9-16(10-12-22)21-19(24)14-5-1-2-6-14/h3-4,7-8,14,16H,1-2,5-6,9-13H2,(H,21,24). The summed E-state index contributed by atoms with van der Waals surface area (Å²) in [5.41, 5.74) is 0.444. The summed E-state index contributed by atoms with van der Waals surface area (Å²) in [5.74, 6) is -0.000386. The van der Waals surface area contributed by atoms with Gasteiger partial charge < -0.3 is 10.2 Å². The first-order chi connectivity index (χ1) is 11.6. The molecule has 0 radical (unpaired) electrons. The Morgan fingerprint density at radius 1 is 1.08 bits per heavy atom. The lowest BCUT2D eigenvalue weighted by Crippen LogP contribution is -2.48. The van der Waals surface area contributed by atoms with E-state index < -0.39 is 0 Å². The topological polar surface area (TPSA) is 49.4 Å². The third-order valence-electron chi connectivity index (χ3n) is 5.22. The molecule has 0 atom stereocenters. The zero-order chi connectivity index (χ0) is 16.9. The number of hydrogen-bond donors (Lipinski definition) is 1. The van der Waals surface area contributed by atoms with E-state index in [1.807, 2.05) is 0 Å². The fourth-order valence-corrected chi connectivity index (χ4v) is 3.70. The van der Waals surface area contributed by atoms with Crippen molar-refractivity contribution in [1.29, 1.82) is 0 Å². The molecule has 1 aliphatic carbocycles. The maximum atomic E-state index is 13.7. The molecule has 2 aliphatic rings. The first kappa shape index (κ1) is 16.9. The van der Waals surface area contributed by atoms with Gasteiger partial charge in [0, 0.05) is 25.0 Å². The molecule has 24 heavy (non-hydrogen) atoms. The van der Waals surface area contributed by atoms with E-state index in [9.17, 15) is 14.0 Å². The summed E-state index contributed by atoms with van der Waals surface area (Å²) in [4.78, 5) is 26.3. The first-order valence-corrected chi connectivity index (χ1v) is 8.95. The normalized spacial score (nSPS) is 19.5. The fourth-order valence-electron chi connectivity index (χ4n) is 3.70. The van der Waals surface area contributed by atoms with Crippen LogP contribution in [0.15, 0.2) is 24.3 Å². The van der Waals surface area contributed by atoms with E-state index in [1.54, 1.807) is 23.1 Å². The van der Waals surface area contributed by atoms with Crippen molar-refractivity contribution >= 4 is 11.8 Å². The molecular formula is C19H25FN2O2. The van der Waals surface area contributed by atoms with Gasteiger partial charge >= 0.3 is 0 Å². The number of likely N-dealkylation sites (tertiary alicyclic amines) is 1. The minimum Gasteiger partial charge on any atom is -0.353 e. The molecule has 0 spiro atoms. The van der Waals surface area contributed by atoms with E-state index in [4.69, 9.17) is 0 Å². The van der Waals surface area contributed by atoms with Crippen molar-refractivity contribution in [2.24, 2.45) is 5.92 Å². The van der Waals surface area contributed by atoms with Crippen LogP contribution in [-0.2, 0) is 16.0 Å². The van der Waals surface area contributed by atoms with Crippen molar-refractivity contribution in [3.8, 4) is 0 Å². The molecule has 0 aromatic heterocycles. The Kier molecular flexibility index (Phi) is 5.48. The molecule has 130 valence electrons. The molecule has 1 aromatic rings. The Morgan fingerprint density at radius 3 is 2.42 bits per heavy atom. The molecule has 2 amide bonds. The van der Waals surface area contributed by atoms with Crippen LogP contribution in [-0.4, -0.2) is 35.8 Å². The SMILES string of the molecule is O=C(NC1CCN(C(=O)Cc2ccccc2F)CC1)C1CCCC1. The number of carbonyl (C=O) groups excluding carboxylic acids is 2. The molecule has 1 heterocycles. The fraction of sp³-hybridized carbons (Fsp3) is 0.579. The van der Waals surface area contributed by atoms with E-state index in [0.717, 1.165) is 38.5 Å². The molecule has 3 rings (SSSR count). The van der Waals surface area contributed by atoms with Crippen molar-refractivity contribution in [2.75, 3.05) is 13.1 Å². The summed E-state index contributed by atoms with van der Waals surface area (Å²) in [6.07, 6.45) is 5.98. The molecule has 0 bridgehead atoms. The second-order valence-corrected chi connectivity index (χ2v) is 6.91. The lowest BCUT2D eigenvalue weighted by Gasteiger charge is -2.33. The van der Waals surface area contributed by atoms with E-state index >= 15 is 0 Å². The summed E-state index contributed by atoms with van der Waals surface area (Å²) in [5, 5.41) is 3.14. The summed E-state index contributed by atoms with van der Waals surface area (Å²) < 4.78 is 13.7. The highest BCUT2D eigenvalue weighted by molar-refractivity contribution is 5.80. The van der Waals surface area contributed by atoms with Gasteiger partial charge in [-0.15, -0.1) is 0 Å². The summed E-state index contributed by atoms with van der Waals surface area (Å²) >= 11 is 0. The van der Waals surface area contributed by atoms with Gasteiger partial charge in [-0.3, -0.25) is 9.59 Å². The number of nitrogens with one attached hydrogen (secondary N) is 1. The quantitative estimate of drug-likeness (QED) is 0.921. The van der Waals surface area contributed by atoms with Crippen molar-refractivity contribution in [3.05, 3.63) is 35.6 Å². The van der Waals surface area contributed by atoms with Crippen molar-refractivity contribution < 1.29 is 14.0 Å². The van der Waals surface area contributed by atoms with Gasteiger partial charge in [0.2, 0.25) is 11.8 Å². The molecule has 1 aromatic carbocycles. The maximum absolute atomic E-state index is 13.7. The van der Waals surface area contributed by atoms with Crippen molar-refractivity contribution in [3.63, 3.8) is 0 Å². The van der Waals surface area contributed by atoms with E-state index in [-0.39, 0.29) is 36.0 Å². The summed E-state index contributed by atoms with van der Waals surface area (Å²) in [7, 11) is 0. The van der Waals surface area contributed by atoms with Gasteiger partial charge in [-0.05, 0) is 37.3 Å². The van der Waals surface area contributed by atoms with Gasteiger partial charge in [-0.1, -0.05) is 31.0 Å². The number of halogens is 1. The number of nitrogens with zero attached hydrogens (tertiary/aromatic N) is 1. The van der Waals surface area contributed by atoms with Crippen LogP contribution < -0.4 is 5.32 Å². The average molecular weight is 332 g/mol. The highest BCUT2D eigenvalue weighted by Gasteiger charge is 2.28. The molecule has 4 nitrogen and oxygen atoms in total. The van der Waals surface area contributed by atoms with Gasteiger partial charge in [0.05, 0.1) is 6.42 Å². The Hall–Kier alpha value is -1.91. The van der Waals surface area contributed by atoms with Crippen LogP contribution in [0.4, 0.5) is 4.39 Å².